The lowest BCUT2D eigenvalue weighted by Crippen LogP contribution is -2.36. The van der Waals surface area contributed by atoms with Crippen molar-refractivity contribution in [3.8, 4) is 0 Å². The number of nitrogens with zero attached hydrogens (tertiary/aromatic N) is 1. The molecule has 0 saturated carbocycles. The number of alkyl halides is 1. The van der Waals surface area contributed by atoms with Crippen molar-refractivity contribution in [3.05, 3.63) is 0 Å². The molecular formula is C8H14ClNO. The topological polar surface area (TPSA) is 20.3 Å². The number of likely N-dealkylation sites (tertiary alicyclic amines) is 1. The lowest BCUT2D eigenvalue weighted by molar-refractivity contribution is -0.108. The van der Waals surface area contributed by atoms with Gasteiger partial charge in [0.15, 0.2) is 0 Å². The van der Waals surface area contributed by atoms with Crippen LogP contribution >= 0.6 is 11.6 Å². The standard InChI is InChI=1S/C8H14ClNO/c1-10-4-2-3-7(5-10)8(9)6-11/h6-8H,2-5H2,1H3. The third-order valence-electron chi connectivity index (χ3n) is 2.24. The van der Waals surface area contributed by atoms with Gasteiger partial charge in [0.05, 0.1) is 5.38 Å². The molecule has 0 aliphatic carbocycles. The van der Waals surface area contributed by atoms with Crippen LogP contribution in [0.5, 0.6) is 0 Å². The highest BCUT2D eigenvalue weighted by Gasteiger charge is 2.23. The van der Waals surface area contributed by atoms with E-state index in [0.717, 1.165) is 32.2 Å². The van der Waals surface area contributed by atoms with Crippen molar-refractivity contribution in [1.29, 1.82) is 0 Å². The van der Waals surface area contributed by atoms with Gasteiger partial charge >= 0.3 is 0 Å². The molecule has 1 aliphatic heterocycles. The van der Waals surface area contributed by atoms with Gasteiger partial charge in [-0.25, -0.2) is 0 Å². The van der Waals surface area contributed by atoms with Crippen LogP contribution in [0.3, 0.4) is 0 Å². The zero-order valence-electron chi connectivity index (χ0n) is 6.79. The summed E-state index contributed by atoms with van der Waals surface area (Å²) in [5.74, 6) is 0.368. The summed E-state index contributed by atoms with van der Waals surface area (Å²) in [4.78, 5) is 12.6. The van der Waals surface area contributed by atoms with Gasteiger partial charge in [0.2, 0.25) is 0 Å². The Kier molecular flexibility index (Phi) is 3.34. The first-order valence-corrected chi connectivity index (χ1v) is 4.45. The SMILES string of the molecule is CN1CCCC(C(Cl)C=O)C1. The summed E-state index contributed by atoms with van der Waals surface area (Å²) in [7, 11) is 2.07. The molecule has 64 valence electrons. The summed E-state index contributed by atoms with van der Waals surface area (Å²) in [6.07, 6.45) is 3.11. The molecule has 1 rings (SSSR count). The predicted octanol–water partition coefficient (Wildman–Crippen LogP) is 1.13. The number of piperidine rings is 1. The number of hydrogen-bond acceptors (Lipinski definition) is 2. The molecule has 0 bridgehead atoms. The fraction of sp³-hybridized carbons (Fsp3) is 0.875. The molecule has 0 spiro atoms. The molecule has 1 heterocycles. The van der Waals surface area contributed by atoms with Gasteiger partial charge in [-0.2, -0.15) is 0 Å². The summed E-state index contributed by atoms with van der Waals surface area (Å²) >= 11 is 5.81. The lowest BCUT2D eigenvalue weighted by Gasteiger charge is -2.30. The summed E-state index contributed by atoms with van der Waals surface area (Å²) in [5, 5.41) is -0.280. The van der Waals surface area contributed by atoms with Gasteiger partial charge in [-0.05, 0) is 32.4 Å². The predicted molar refractivity (Wildman–Crippen MR) is 45.9 cm³/mol. The molecule has 0 aromatic rings. The maximum Gasteiger partial charge on any atom is 0.138 e. The van der Waals surface area contributed by atoms with Crippen molar-refractivity contribution < 1.29 is 4.79 Å². The van der Waals surface area contributed by atoms with Gasteiger partial charge in [0.25, 0.3) is 0 Å². The molecule has 11 heavy (non-hydrogen) atoms. The lowest BCUT2D eigenvalue weighted by atomic mass is 9.95. The van der Waals surface area contributed by atoms with E-state index in [-0.39, 0.29) is 5.38 Å². The second-order valence-corrected chi connectivity index (χ2v) is 3.75. The van der Waals surface area contributed by atoms with Crippen molar-refractivity contribution >= 4 is 17.9 Å². The van der Waals surface area contributed by atoms with Crippen LogP contribution in [0.15, 0.2) is 0 Å². The second-order valence-electron chi connectivity index (χ2n) is 3.25. The summed E-state index contributed by atoms with van der Waals surface area (Å²) in [6.45, 7) is 2.10. The minimum absolute atomic E-state index is 0.280. The van der Waals surface area contributed by atoms with Crippen molar-refractivity contribution in [1.82, 2.24) is 4.90 Å². The van der Waals surface area contributed by atoms with E-state index in [1.165, 1.54) is 0 Å². The number of carbonyl (C=O) groups excluding carboxylic acids is 1. The third-order valence-corrected chi connectivity index (χ3v) is 2.70. The van der Waals surface area contributed by atoms with Crippen molar-refractivity contribution in [3.63, 3.8) is 0 Å². The van der Waals surface area contributed by atoms with Crippen LogP contribution in [0.25, 0.3) is 0 Å². The number of carbonyl (C=O) groups is 1. The molecule has 1 fully saturated rings. The molecule has 0 amide bonds. The summed E-state index contributed by atoms with van der Waals surface area (Å²) < 4.78 is 0. The van der Waals surface area contributed by atoms with Gasteiger partial charge in [0.1, 0.15) is 6.29 Å². The van der Waals surface area contributed by atoms with Crippen molar-refractivity contribution in [2.45, 2.75) is 18.2 Å². The monoisotopic (exact) mass is 175 g/mol. The Morgan fingerprint density at radius 3 is 3.00 bits per heavy atom. The number of aldehydes is 1. The normalized spacial score (nSPS) is 29.8. The molecule has 2 atom stereocenters. The van der Waals surface area contributed by atoms with E-state index in [2.05, 4.69) is 11.9 Å². The highest BCUT2D eigenvalue weighted by atomic mass is 35.5. The van der Waals surface area contributed by atoms with Gasteiger partial charge in [-0.15, -0.1) is 11.6 Å². The Hall–Kier alpha value is -0.0800. The van der Waals surface area contributed by atoms with Crippen LogP contribution in [-0.4, -0.2) is 36.7 Å². The highest BCUT2D eigenvalue weighted by Crippen LogP contribution is 2.20. The molecule has 2 unspecified atom stereocenters. The van der Waals surface area contributed by atoms with Crippen LogP contribution in [0.2, 0.25) is 0 Å². The largest absolute Gasteiger partial charge is 0.306 e. The molecule has 0 aromatic carbocycles. The minimum atomic E-state index is -0.280. The van der Waals surface area contributed by atoms with Crippen LogP contribution in [0, 0.1) is 5.92 Å². The number of rotatable bonds is 2. The second kappa shape index (κ2) is 4.07. The molecule has 1 saturated heterocycles. The minimum Gasteiger partial charge on any atom is -0.306 e. The molecule has 0 radical (unpaired) electrons. The van der Waals surface area contributed by atoms with Crippen molar-refractivity contribution in [2.24, 2.45) is 5.92 Å². The van der Waals surface area contributed by atoms with Gasteiger partial charge in [-0.3, -0.25) is 0 Å². The van der Waals surface area contributed by atoms with Crippen LogP contribution in [-0.2, 0) is 4.79 Å². The van der Waals surface area contributed by atoms with Gasteiger partial charge < -0.3 is 9.69 Å². The quantitative estimate of drug-likeness (QED) is 0.464. The van der Waals surface area contributed by atoms with E-state index < -0.39 is 0 Å². The first kappa shape index (κ1) is 9.01. The zero-order valence-corrected chi connectivity index (χ0v) is 7.55. The Bertz CT molecular complexity index is 140. The molecule has 2 nitrogen and oxygen atoms in total. The van der Waals surface area contributed by atoms with E-state index in [9.17, 15) is 4.79 Å². The third kappa shape index (κ3) is 2.46. The van der Waals surface area contributed by atoms with Crippen LogP contribution in [0.1, 0.15) is 12.8 Å². The van der Waals surface area contributed by atoms with Crippen molar-refractivity contribution in [2.75, 3.05) is 20.1 Å². The number of hydrogen-bond donors (Lipinski definition) is 0. The molecule has 0 N–H and O–H groups in total. The van der Waals surface area contributed by atoms with E-state index in [1.54, 1.807) is 0 Å². The van der Waals surface area contributed by atoms with Crippen LogP contribution in [0.4, 0.5) is 0 Å². The van der Waals surface area contributed by atoms with Gasteiger partial charge in [-0.1, -0.05) is 0 Å². The van der Waals surface area contributed by atoms with E-state index in [1.807, 2.05) is 0 Å². The smallest absolute Gasteiger partial charge is 0.138 e. The summed E-state index contributed by atoms with van der Waals surface area (Å²) in [6, 6.07) is 0. The Morgan fingerprint density at radius 2 is 2.45 bits per heavy atom. The van der Waals surface area contributed by atoms with Crippen LogP contribution < -0.4 is 0 Å². The molecule has 1 aliphatic rings. The Morgan fingerprint density at radius 1 is 1.73 bits per heavy atom. The Balaban J connectivity index is 2.38. The zero-order chi connectivity index (χ0) is 8.27. The fourth-order valence-corrected chi connectivity index (χ4v) is 1.78. The maximum absolute atomic E-state index is 10.4. The average molecular weight is 176 g/mol. The number of halogens is 1. The van der Waals surface area contributed by atoms with E-state index >= 15 is 0 Å². The molecule has 0 aromatic heterocycles. The average Bonchev–Trinajstić information content (AvgIpc) is 2.03. The first-order valence-electron chi connectivity index (χ1n) is 4.02. The van der Waals surface area contributed by atoms with E-state index in [4.69, 9.17) is 11.6 Å². The summed E-state index contributed by atoms with van der Waals surface area (Å²) in [5.41, 5.74) is 0. The van der Waals surface area contributed by atoms with Gasteiger partial charge in [0, 0.05) is 6.54 Å². The highest BCUT2D eigenvalue weighted by molar-refractivity contribution is 6.27. The van der Waals surface area contributed by atoms with E-state index in [0.29, 0.717) is 5.92 Å². The maximum atomic E-state index is 10.4. The fourth-order valence-electron chi connectivity index (χ4n) is 1.58. The molecule has 3 heteroatoms. The first-order chi connectivity index (χ1) is 5.24. The Labute approximate surface area is 72.5 Å². The molecular weight excluding hydrogens is 162 g/mol.